The molecule has 0 saturated carbocycles. The zero-order valence-electron chi connectivity index (χ0n) is 15.0. The van der Waals surface area contributed by atoms with Crippen LogP contribution in [-0.2, 0) is 11.3 Å². The minimum Gasteiger partial charge on any atom is -0.394 e. The Hall–Kier alpha value is -2.18. The summed E-state index contributed by atoms with van der Waals surface area (Å²) in [5.41, 5.74) is 3.78. The number of morpholine rings is 1. The third-order valence-corrected chi connectivity index (χ3v) is 4.58. The molecule has 6 nitrogen and oxygen atoms in total. The summed E-state index contributed by atoms with van der Waals surface area (Å²) in [7, 11) is 0. The largest absolute Gasteiger partial charge is 0.394 e. The third kappa shape index (κ3) is 3.91. The summed E-state index contributed by atoms with van der Waals surface area (Å²) in [4.78, 5) is 14.7. The Bertz CT molecular complexity index is 756. The van der Waals surface area contributed by atoms with Gasteiger partial charge in [-0.1, -0.05) is 12.1 Å². The molecule has 3 rings (SSSR count). The van der Waals surface area contributed by atoms with Crippen molar-refractivity contribution in [1.82, 2.24) is 14.7 Å². The van der Waals surface area contributed by atoms with Crippen molar-refractivity contribution in [3.8, 4) is 0 Å². The zero-order chi connectivity index (χ0) is 18.0. The molecule has 1 N–H and O–H groups in total. The smallest absolute Gasteiger partial charge is 0.254 e. The first-order chi connectivity index (χ1) is 12.0. The van der Waals surface area contributed by atoms with Gasteiger partial charge in [0.2, 0.25) is 0 Å². The van der Waals surface area contributed by atoms with Gasteiger partial charge in [0.05, 0.1) is 37.6 Å². The highest BCUT2D eigenvalue weighted by Gasteiger charge is 2.29. The van der Waals surface area contributed by atoms with Crippen molar-refractivity contribution in [2.45, 2.75) is 39.5 Å². The molecule has 6 heteroatoms. The van der Waals surface area contributed by atoms with E-state index >= 15 is 0 Å². The van der Waals surface area contributed by atoms with Crippen LogP contribution < -0.4 is 0 Å². The molecule has 134 valence electrons. The van der Waals surface area contributed by atoms with Gasteiger partial charge in [-0.3, -0.25) is 9.48 Å². The molecule has 1 amide bonds. The Morgan fingerprint density at radius 3 is 2.84 bits per heavy atom. The van der Waals surface area contributed by atoms with Crippen LogP contribution in [0.4, 0.5) is 0 Å². The predicted molar refractivity (Wildman–Crippen MR) is 94.6 cm³/mol. The number of amides is 1. The number of carbonyl (C=O) groups excluding carboxylic acids is 1. The van der Waals surface area contributed by atoms with Crippen molar-refractivity contribution < 1.29 is 14.6 Å². The zero-order valence-corrected chi connectivity index (χ0v) is 15.0. The number of carbonyl (C=O) groups is 1. The SMILES string of the molecule is Cc1cc(C)n(Cc2cccc(C(=O)N3CC(CO)OCC3C)c2)n1. The fourth-order valence-corrected chi connectivity index (χ4v) is 3.19. The third-order valence-electron chi connectivity index (χ3n) is 4.58. The first-order valence-electron chi connectivity index (χ1n) is 8.61. The molecule has 25 heavy (non-hydrogen) atoms. The van der Waals surface area contributed by atoms with Crippen LogP contribution in [0, 0.1) is 13.8 Å². The lowest BCUT2D eigenvalue weighted by atomic mass is 10.1. The minimum absolute atomic E-state index is 0.00466. The molecule has 1 aromatic heterocycles. The molecule has 0 bridgehead atoms. The number of ether oxygens (including phenoxy) is 1. The number of aliphatic hydroxyl groups is 1. The molecule has 1 fully saturated rings. The van der Waals surface area contributed by atoms with Gasteiger partial charge in [-0.25, -0.2) is 0 Å². The average molecular weight is 343 g/mol. The van der Waals surface area contributed by atoms with E-state index in [0.717, 1.165) is 17.0 Å². The second kappa shape index (κ2) is 7.37. The van der Waals surface area contributed by atoms with E-state index in [0.29, 0.717) is 25.3 Å². The van der Waals surface area contributed by atoms with Crippen LogP contribution in [0.15, 0.2) is 30.3 Å². The summed E-state index contributed by atoms with van der Waals surface area (Å²) in [5.74, 6) is -0.0236. The summed E-state index contributed by atoms with van der Waals surface area (Å²) in [6.07, 6.45) is -0.307. The number of hydrogen-bond acceptors (Lipinski definition) is 4. The topological polar surface area (TPSA) is 67.6 Å². The molecular formula is C19H25N3O3. The van der Waals surface area contributed by atoms with Crippen molar-refractivity contribution in [2.24, 2.45) is 0 Å². The number of nitrogens with zero attached hydrogens (tertiary/aromatic N) is 3. The van der Waals surface area contributed by atoms with Crippen molar-refractivity contribution in [2.75, 3.05) is 19.8 Å². The molecule has 2 unspecified atom stereocenters. The molecule has 1 aromatic carbocycles. The standard InChI is InChI=1S/C19H25N3O3/c1-13-7-14(2)22(20-13)9-16-5-4-6-17(8-16)19(24)21-10-18(11-23)25-12-15(21)3/h4-8,15,18,23H,9-12H2,1-3H3. The number of aryl methyl sites for hydroxylation is 2. The van der Waals surface area contributed by atoms with Gasteiger partial charge >= 0.3 is 0 Å². The quantitative estimate of drug-likeness (QED) is 0.919. The Kier molecular flexibility index (Phi) is 5.20. The van der Waals surface area contributed by atoms with E-state index in [-0.39, 0.29) is 24.7 Å². The Morgan fingerprint density at radius 1 is 1.36 bits per heavy atom. The summed E-state index contributed by atoms with van der Waals surface area (Å²) >= 11 is 0. The van der Waals surface area contributed by atoms with Gasteiger partial charge in [-0.15, -0.1) is 0 Å². The second-order valence-corrected chi connectivity index (χ2v) is 6.73. The summed E-state index contributed by atoms with van der Waals surface area (Å²) in [5, 5.41) is 13.8. The molecule has 0 radical (unpaired) electrons. The maximum Gasteiger partial charge on any atom is 0.254 e. The fraction of sp³-hybridized carbons (Fsp3) is 0.474. The van der Waals surface area contributed by atoms with Gasteiger partial charge in [-0.05, 0) is 44.5 Å². The van der Waals surface area contributed by atoms with Crippen LogP contribution in [0.3, 0.4) is 0 Å². The Morgan fingerprint density at radius 2 is 2.16 bits per heavy atom. The Balaban J connectivity index is 1.78. The molecule has 2 heterocycles. The average Bonchev–Trinajstić information content (AvgIpc) is 2.92. The fourth-order valence-electron chi connectivity index (χ4n) is 3.19. The minimum atomic E-state index is -0.307. The molecule has 1 saturated heterocycles. The van der Waals surface area contributed by atoms with Gasteiger partial charge in [0.1, 0.15) is 0 Å². The van der Waals surface area contributed by atoms with Gasteiger partial charge < -0.3 is 14.7 Å². The lowest BCUT2D eigenvalue weighted by molar-refractivity contribution is -0.0667. The number of aromatic nitrogens is 2. The van der Waals surface area contributed by atoms with Crippen LogP contribution in [-0.4, -0.2) is 57.6 Å². The van der Waals surface area contributed by atoms with E-state index in [2.05, 4.69) is 5.10 Å². The number of rotatable bonds is 4. The Labute approximate surface area is 148 Å². The van der Waals surface area contributed by atoms with Crippen molar-refractivity contribution in [3.05, 3.63) is 52.8 Å². The highest BCUT2D eigenvalue weighted by Crippen LogP contribution is 2.17. The maximum atomic E-state index is 12.9. The molecule has 2 atom stereocenters. The first kappa shape index (κ1) is 17.6. The van der Waals surface area contributed by atoms with Crippen molar-refractivity contribution in [3.63, 3.8) is 0 Å². The molecule has 0 aliphatic carbocycles. The van der Waals surface area contributed by atoms with E-state index in [1.807, 2.05) is 55.8 Å². The number of aliphatic hydroxyl groups excluding tert-OH is 1. The van der Waals surface area contributed by atoms with Crippen LogP contribution in [0.1, 0.15) is 34.2 Å². The molecule has 0 spiro atoms. The van der Waals surface area contributed by atoms with E-state index in [4.69, 9.17) is 4.74 Å². The van der Waals surface area contributed by atoms with E-state index < -0.39 is 0 Å². The number of benzene rings is 1. The van der Waals surface area contributed by atoms with E-state index in [9.17, 15) is 9.90 Å². The number of hydrogen-bond donors (Lipinski definition) is 1. The van der Waals surface area contributed by atoms with Crippen LogP contribution in [0.25, 0.3) is 0 Å². The monoisotopic (exact) mass is 343 g/mol. The molecule has 1 aliphatic rings. The predicted octanol–water partition coefficient (Wildman–Crippen LogP) is 1.77. The molecule has 1 aliphatic heterocycles. The van der Waals surface area contributed by atoms with E-state index in [1.54, 1.807) is 4.90 Å². The normalized spacial score (nSPS) is 20.7. The lowest BCUT2D eigenvalue weighted by Gasteiger charge is -2.37. The van der Waals surface area contributed by atoms with Gasteiger partial charge in [0.25, 0.3) is 5.91 Å². The van der Waals surface area contributed by atoms with Gasteiger partial charge in [0.15, 0.2) is 0 Å². The second-order valence-electron chi connectivity index (χ2n) is 6.73. The van der Waals surface area contributed by atoms with Crippen LogP contribution in [0.5, 0.6) is 0 Å². The summed E-state index contributed by atoms with van der Waals surface area (Å²) in [6.45, 7) is 7.39. The molecular weight excluding hydrogens is 318 g/mol. The van der Waals surface area contributed by atoms with Gasteiger partial charge in [0, 0.05) is 17.8 Å². The summed E-state index contributed by atoms with van der Waals surface area (Å²) in [6, 6.07) is 9.71. The highest BCUT2D eigenvalue weighted by molar-refractivity contribution is 5.94. The van der Waals surface area contributed by atoms with Crippen LogP contribution >= 0.6 is 0 Å². The highest BCUT2D eigenvalue weighted by atomic mass is 16.5. The van der Waals surface area contributed by atoms with Crippen molar-refractivity contribution in [1.29, 1.82) is 0 Å². The molecule has 2 aromatic rings. The van der Waals surface area contributed by atoms with Gasteiger partial charge in [-0.2, -0.15) is 5.10 Å². The lowest BCUT2D eigenvalue weighted by Crippen LogP contribution is -2.52. The van der Waals surface area contributed by atoms with E-state index in [1.165, 1.54) is 0 Å². The van der Waals surface area contributed by atoms with Crippen LogP contribution in [0.2, 0.25) is 0 Å². The summed E-state index contributed by atoms with van der Waals surface area (Å²) < 4.78 is 7.46. The first-order valence-corrected chi connectivity index (χ1v) is 8.61. The maximum absolute atomic E-state index is 12.9. The van der Waals surface area contributed by atoms with Crippen molar-refractivity contribution >= 4 is 5.91 Å².